The molecular weight excluding hydrogens is 359 g/mol. The van der Waals surface area contributed by atoms with Crippen LogP contribution in [0.4, 0.5) is 24.5 Å². The van der Waals surface area contributed by atoms with Gasteiger partial charge in [0.2, 0.25) is 0 Å². The Morgan fingerprint density at radius 1 is 1.00 bits per heavy atom. The Labute approximate surface area is 155 Å². The molecule has 0 fully saturated rings. The first kappa shape index (κ1) is 20.4. The SMILES string of the molecule is C[C@@H](C(=O)Nc1ccccc1)[NH+](C)CC(=O)Nc1ccccc1C(F)(F)F. The van der Waals surface area contributed by atoms with Crippen molar-refractivity contribution in [1.29, 1.82) is 0 Å². The Morgan fingerprint density at radius 3 is 2.22 bits per heavy atom. The molecule has 0 saturated heterocycles. The number of carbonyl (C=O) groups excluding carboxylic acids is 2. The molecule has 2 amide bonds. The third kappa shape index (κ3) is 5.82. The summed E-state index contributed by atoms with van der Waals surface area (Å²) in [7, 11) is 1.63. The summed E-state index contributed by atoms with van der Waals surface area (Å²) in [5.74, 6) is -0.897. The number of nitrogens with one attached hydrogen (secondary N) is 3. The van der Waals surface area contributed by atoms with Crippen molar-refractivity contribution < 1.29 is 27.7 Å². The van der Waals surface area contributed by atoms with Gasteiger partial charge in [0.25, 0.3) is 11.8 Å². The first-order valence-electron chi connectivity index (χ1n) is 8.33. The van der Waals surface area contributed by atoms with Crippen LogP contribution in [0.3, 0.4) is 0 Å². The predicted molar refractivity (Wildman–Crippen MR) is 96.4 cm³/mol. The standard InChI is InChI=1S/C19H20F3N3O2/c1-13(18(27)23-14-8-4-3-5-9-14)25(2)12-17(26)24-16-11-7-6-10-15(16)19(20,21)22/h3-11,13H,12H2,1-2H3,(H,23,27)(H,24,26)/p+1/t13-/m0/s1. The number of benzene rings is 2. The van der Waals surface area contributed by atoms with Crippen molar-refractivity contribution in [2.75, 3.05) is 24.2 Å². The monoisotopic (exact) mass is 380 g/mol. The van der Waals surface area contributed by atoms with E-state index in [0.29, 0.717) is 10.6 Å². The Bertz CT molecular complexity index is 794. The molecule has 2 aromatic rings. The lowest BCUT2D eigenvalue weighted by molar-refractivity contribution is -0.885. The topological polar surface area (TPSA) is 62.6 Å². The summed E-state index contributed by atoms with van der Waals surface area (Å²) in [6, 6.07) is 13.0. The molecule has 2 atom stereocenters. The maximum atomic E-state index is 13.0. The van der Waals surface area contributed by atoms with Crippen LogP contribution in [0, 0.1) is 0 Å². The third-order valence-corrected chi connectivity index (χ3v) is 4.12. The zero-order valence-corrected chi connectivity index (χ0v) is 14.9. The highest BCUT2D eigenvalue weighted by Gasteiger charge is 2.34. The summed E-state index contributed by atoms with van der Waals surface area (Å²) >= 11 is 0. The number of hydrogen-bond acceptors (Lipinski definition) is 2. The number of rotatable bonds is 6. The molecule has 27 heavy (non-hydrogen) atoms. The van der Waals surface area contributed by atoms with Gasteiger partial charge in [-0.15, -0.1) is 0 Å². The van der Waals surface area contributed by atoms with Crippen molar-refractivity contribution in [1.82, 2.24) is 0 Å². The summed E-state index contributed by atoms with van der Waals surface area (Å²) in [4.78, 5) is 25.0. The van der Waals surface area contributed by atoms with Crippen LogP contribution in [0.1, 0.15) is 12.5 Å². The van der Waals surface area contributed by atoms with Crippen LogP contribution in [-0.2, 0) is 15.8 Å². The van der Waals surface area contributed by atoms with Gasteiger partial charge < -0.3 is 15.5 Å². The van der Waals surface area contributed by atoms with Crippen LogP contribution in [0.15, 0.2) is 54.6 Å². The minimum Gasteiger partial charge on any atom is -0.321 e. The first-order chi connectivity index (χ1) is 12.7. The van der Waals surface area contributed by atoms with E-state index in [1.165, 1.54) is 18.2 Å². The lowest BCUT2D eigenvalue weighted by Crippen LogP contribution is -3.14. The molecule has 3 N–H and O–H groups in total. The van der Waals surface area contributed by atoms with Gasteiger partial charge >= 0.3 is 6.18 Å². The summed E-state index contributed by atoms with van der Waals surface area (Å²) in [5, 5.41) is 5.01. The van der Waals surface area contributed by atoms with Crippen LogP contribution >= 0.6 is 0 Å². The van der Waals surface area contributed by atoms with E-state index in [2.05, 4.69) is 10.6 Å². The smallest absolute Gasteiger partial charge is 0.321 e. The summed E-state index contributed by atoms with van der Waals surface area (Å²) in [6.45, 7) is 1.49. The molecule has 0 spiro atoms. The van der Waals surface area contributed by atoms with Gasteiger partial charge in [-0.05, 0) is 31.2 Å². The van der Waals surface area contributed by atoms with Gasteiger partial charge in [-0.3, -0.25) is 9.59 Å². The Morgan fingerprint density at radius 2 is 1.59 bits per heavy atom. The van der Waals surface area contributed by atoms with Gasteiger partial charge in [-0.25, -0.2) is 0 Å². The number of halogens is 3. The van der Waals surface area contributed by atoms with Crippen molar-refractivity contribution >= 4 is 23.2 Å². The van der Waals surface area contributed by atoms with Gasteiger partial charge in [0.05, 0.1) is 18.3 Å². The average molecular weight is 380 g/mol. The van der Waals surface area contributed by atoms with E-state index >= 15 is 0 Å². The molecule has 1 unspecified atom stereocenters. The first-order valence-corrected chi connectivity index (χ1v) is 8.33. The summed E-state index contributed by atoms with van der Waals surface area (Å²) < 4.78 is 39.0. The van der Waals surface area contributed by atoms with E-state index in [4.69, 9.17) is 0 Å². The largest absolute Gasteiger partial charge is 0.418 e. The van der Waals surface area contributed by atoms with Gasteiger partial charge in [-0.1, -0.05) is 30.3 Å². The molecule has 5 nitrogen and oxygen atoms in total. The number of amides is 2. The Kier molecular flexibility index (Phi) is 6.57. The van der Waals surface area contributed by atoms with E-state index in [1.807, 2.05) is 6.07 Å². The molecule has 0 radical (unpaired) electrons. The molecule has 2 rings (SSSR count). The molecule has 2 aromatic carbocycles. The Balaban J connectivity index is 1.96. The van der Waals surface area contributed by atoms with Crippen LogP contribution in [0.2, 0.25) is 0 Å². The number of para-hydroxylation sites is 2. The predicted octanol–water partition coefficient (Wildman–Crippen LogP) is 2.19. The molecule has 0 aromatic heterocycles. The number of likely N-dealkylation sites (N-methyl/N-ethyl adjacent to an activating group) is 1. The molecule has 144 valence electrons. The van der Waals surface area contributed by atoms with Crippen molar-refractivity contribution in [3.05, 3.63) is 60.2 Å². The highest BCUT2D eigenvalue weighted by molar-refractivity contribution is 5.94. The third-order valence-electron chi connectivity index (χ3n) is 4.12. The minimum absolute atomic E-state index is 0.157. The fourth-order valence-corrected chi connectivity index (χ4v) is 2.44. The fourth-order valence-electron chi connectivity index (χ4n) is 2.44. The molecule has 0 heterocycles. The summed E-state index contributed by atoms with van der Waals surface area (Å²) in [5.41, 5.74) is -0.583. The highest BCUT2D eigenvalue weighted by Crippen LogP contribution is 2.34. The maximum Gasteiger partial charge on any atom is 0.418 e. The van der Waals surface area contributed by atoms with Gasteiger partial charge in [-0.2, -0.15) is 13.2 Å². The maximum absolute atomic E-state index is 13.0. The van der Waals surface area contributed by atoms with Crippen LogP contribution in [0.25, 0.3) is 0 Å². The normalized spacial score (nSPS) is 13.5. The van der Waals surface area contributed by atoms with Crippen LogP contribution < -0.4 is 15.5 Å². The quantitative estimate of drug-likeness (QED) is 0.720. The second kappa shape index (κ2) is 8.68. The number of quaternary nitrogens is 1. The number of hydrogen-bond donors (Lipinski definition) is 3. The highest BCUT2D eigenvalue weighted by atomic mass is 19.4. The molecule has 0 saturated carbocycles. The van der Waals surface area contributed by atoms with Crippen LogP contribution in [0.5, 0.6) is 0 Å². The van der Waals surface area contributed by atoms with E-state index in [9.17, 15) is 22.8 Å². The number of anilines is 2. The number of alkyl halides is 3. The summed E-state index contributed by atoms with van der Waals surface area (Å²) in [6.07, 6.45) is -4.56. The van der Waals surface area contributed by atoms with Gasteiger partial charge in [0.15, 0.2) is 12.6 Å². The van der Waals surface area contributed by atoms with Crippen molar-refractivity contribution in [3.63, 3.8) is 0 Å². The molecular formula is C19H21F3N3O2+. The molecule has 0 bridgehead atoms. The van der Waals surface area contributed by atoms with Gasteiger partial charge in [0.1, 0.15) is 0 Å². The molecule has 8 heteroatoms. The molecule has 0 aliphatic rings. The van der Waals surface area contributed by atoms with Crippen molar-refractivity contribution in [3.8, 4) is 0 Å². The zero-order chi connectivity index (χ0) is 20.0. The Hall–Kier alpha value is -2.87. The second-order valence-corrected chi connectivity index (χ2v) is 6.19. The van der Waals surface area contributed by atoms with E-state index in [-0.39, 0.29) is 18.1 Å². The fraction of sp³-hybridized carbons (Fsp3) is 0.263. The van der Waals surface area contributed by atoms with E-state index < -0.39 is 23.7 Å². The average Bonchev–Trinajstić information content (AvgIpc) is 2.61. The molecule has 0 aliphatic carbocycles. The van der Waals surface area contributed by atoms with Crippen molar-refractivity contribution in [2.45, 2.75) is 19.1 Å². The lowest BCUT2D eigenvalue weighted by atomic mass is 10.1. The number of carbonyl (C=O) groups is 2. The van der Waals surface area contributed by atoms with E-state index in [0.717, 1.165) is 6.07 Å². The van der Waals surface area contributed by atoms with Crippen LogP contribution in [-0.4, -0.2) is 31.4 Å². The second-order valence-electron chi connectivity index (χ2n) is 6.19. The molecule has 0 aliphatic heterocycles. The van der Waals surface area contributed by atoms with Gasteiger partial charge in [0, 0.05) is 5.69 Å². The minimum atomic E-state index is -4.56. The van der Waals surface area contributed by atoms with Crippen molar-refractivity contribution in [2.24, 2.45) is 0 Å². The zero-order valence-electron chi connectivity index (χ0n) is 14.9. The van der Waals surface area contributed by atoms with E-state index in [1.54, 1.807) is 38.2 Å². The lowest BCUT2D eigenvalue weighted by Gasteiger charge is -2.21.